The number of aromatic nitrogens is 2. The molecule has 1 aromatic heterocycles. The number of nitrogens with two attached hydrogens (primary N) is 1. The second kappa shape index (κ2) is 5.38. The third-order valence-corrected chi connectivity index (χ3v) is 3.18. The molecule has 0 aliphatic heterocycles. The first-order valence-corrected chi connectivity index (χ1v) is 6.34. The van der Waals surface area contributed by atoms with E-state index in [0.717, 1.165) is 30.3 Å². The Bertz CT molecular complexity index is 591. The number of anilines is 1. The summed E-state index contributed by atoms with van der Waals surface area (Å²) in [4.78, 5) is 0. The highest BCUT2D eigenvalue weighted by molar-refractivity contribution is 5.48. The molecule has 0 fully saturated rings. The largest absolute Gasteiger partial charge is 0.396 e. The van der Waals surface area contributed by atoms with Gasteiger partial charge in [-0.05, 0) is 18.9 Å². The Labute approximate surface area is 111 Å². The summed E-state index contributed by atoms with van der Waals surface area (Å²) in [5, 5.41) is 4.39. The van der Waals surface area contributed by atoms with Gasteiger partial charge in [-0.25, -0.2) is 8.78 Å². The van der Waals surface area contributed by atoms with E-state index in [9.17, 15) is 8.78 Å². The molecule has 0 spiro atoms. The fraction of sp³-hybridized carbons (Fsp3) is 0.357. The van der Waals surface area contributed by atoms with Crippen LogP contribution in [0.5, 0.6) is 0 Å². The van der Waals surface area contributed by atoms with Crippen molar-refractivity contribution in [1.29, 1.82) is 0 Å². The summed E-state index contributed by atoms with van der Waals surface area (Å²) in [5.74, 6) is -1.14. The summed E-state index contributed by atoms with van der Waals surface area (Å²) in [6.45, 7) is 4.21. The molecule has 0 bridgehead atoms. The van der Waals surface area contributed by atoms with Crippen molar-refractivity contribution < 1.29 is 8.78 Å². The Morgan fingerprint density at radius 3 is 2.53 bits per heavy atom. The maximum Gasteiger partial charge on any atom is 0.131 e. The predicted octanol–water partition coefficient (Wildman–Crippen LogP) is 2.92. The minimum absolute atomic E-state index is 0.263. The van der Waals surface area contributed by atoms with Gasteiger partial charge in [-0.3, -0.25) is 4.68 Å². The topological polar surface area (TPSA) is 43.8 Å². The number of hydrogen-bond donors (Lipinski definition) is 1. The Morgan fingerprint density at radius 2 is 1.95 bits per heavy atom. The van der Waals surface area contributed by atoms with Gasteiger partial charge < -0.3 is 5.73 Å². The Hall–Kier alpha value is -1.91. The van der Waals surface area contributed by atoms with Gasteiger partial charge in [0.1, 0.15) is 11.6 Å². The highest BCUT2D eigenvalue weighted by atomic mass is 19.1. The summed E-state index contributed by atoms with van der Waals surface area (Å²) in [5.41, 5.74) is 8.79. The number of halogens is 2. The average Bonchev–Trinajstić information content (AvgIpc) is 2.68. The number of rotatable bonds is 4. The van der Waals surface area contributed by atoms with Gasteiger partial charge in [0.2, 0.25) is 0 Å². The van der Waals surface area contributed by atoms with Gasteiger partial charge in [0, 0.05) is 11.6 Å². The molecule has 0 amide bonds. The maximum atomic E-state index is 13.6. The van der Waals surface area contributed by atoms with Gasteiger partial charge in [-0.2, -0.15) is 5.10 Å². The van der Waals surface area contributed by atoms with Crippen LogP contribution < -0.4 is 5.73 Å². The van der Waals surface area contributed by atoms with Crippen LogP contribution >= 0.6 is 0 Å². The molecule has 5 heteroatoms. The molecule has 0 unspecified atom stereocenters. The molecule has 1 aromatic carbocycles. The van der Waals surface area contributed by atoms with Crippen LogP contribution in [0.4, 0.5) is 14.5 Å². The molecule has 0 aliphatic rings. The molecule has 1 heterocycles. The average molecular weight is 265 g/mol. The fourth-order valence-electron chi connectivity index (χ4n) is 2.14. The molecule has 0 saturated carbocycles. The van der Waals surface area contributed by atoms with E-state index in [0.29, 0.717) is 11.3 Å². The van der Waals surface area contributed by atoms with Crippen molar-refractivity contribution in [2.45, 2.75) is 33.2 Å². The first-order valence-electron chi connectivity index (χ1n) is 6.34. The molecule has 0 atom stereocenters. The second-order valence-corrected chi connectivity index (χ2v) is 4.41. The van der Waals surface area contributed by atoms with Crippen molar-refractivity contribution in [3.63, 3.8) is 0 Å². The monoisotopic (exact) mass is 265 g/mol. The molecule has 0 saturated heterocycles. The zero-order chi connectivity index (χ0) is 14.0. The first-order chi connectivity index (χ1) is 9.06. The quantitative estimate of drug-likeness (QED) is 0.923. The molecule has 102 valence electrons. The van der Waals surface area contributed by atoms with E-state index in [1.807, 2.05) is 13.8 Å². The van der Waals surface area contributed by atoms with Gasteiger partial charge in [0.25, 0.3) is 0 Å². The number of aryl methyl sites for hydroxylation is 1. The Kier molecular flexibility index (Phi) is 3.83. The van der Waals surface area contributed by atoms with E-state index in [2.05, 4.69) is 5.10 Å². The van der Waals surface area contributed by atoms with Crippen LogP contribution in [0.1, 0.15) is 30.8 Å². The highest BCUT2D eigenvalue weighted by Gasteiger charge is 2.14. The molecule has 2 rings (SSSR count). The Balaban J connectivity index is 2.37. The van der Waals surface area contributed by atoms with Crippen LogP contribution in [-0.2, 0) is 19.4 Å². The maximum absolute atomic E-state index is 13.6. The van der Waals surface area contributed by atoms with Gasteiger partial charge in [-0.15, -0.1) is 0 Å². The summed E-state index contributed by atoms with van der Waals surface area (Å²) in [7, 11) is 0. The van der Waals surface area contributed by atoms with Crippen molar-refractivity contribution in [1.82, 2.24) is 9.78 Å². The predicted molar refractivity (Wildman–Crippen MR) is 70.9 cm³/mol. The molecule has 2 aromatic rings. The molecular formula is C14H17F2N3. The number of benzene rings is 1. The van der Waals surface area contributed by atoms with Crippen molar-refractivity contribution in [3.05, 3.63) is 46.8 Å². The van der Waals surface area contributed by atoms with Crippen LogP contribution in [0, 0.1) is 11.6 Å². The summed E-state index contributed by atoms with van der Waals surface area (Å²) in [6, 6.07) is 3.57. The lowest BCUT2D eigenvalue weighted by atomic mass is 10.2. The second-order valence-electron chi connectivity index (χ2n) is 4.41. The summed E-state index contributed by atoms with van der Waals surface area (Å²) < 4.78 is 28.2. The van der Waals surface area contributed by atoms with E-state index >= 15 is 0 Å². The summed E-state index contributed by atoms with van der Waals surface area (Å²) >= 11 is 0. The molecule has 19 heavy (non-hydrogen) atoms. The minimum Gasteiger partial charge on any atom is -0.396 e. The third-order valence-electron chi connectivity index (χ3n) is 3.18. The number of nitrogen functional groups attached to an aromatic ring is 1. The smallest absolute Gasteiger partial charge is 0.131 e. The van der Waals surface area contributed by atoms with Gasteiger partial charge in [0.15, 0.2) is 0 Å². The lowest BCUT2D eigenvalue weighted by Gasteiger charge is -2.07. The normalized spacial score (nSPS) is 10.9. The van der Waals surface area contributed by atoms with Crippen molar-refractivity contribution in [3.8, 4) is 0 Å². The van der Waals surface area contributed by atoms with Gasteiger partial charge in [-0.1, -0.05) is 19.9 Å². The summed E-state index contributed by atoms with van der Waals surface area (Å²) in [6.07, 6.45) is 1.46. The van der Waals surface area contributed by atoms with E-state index in [-0.39, 0.29) is 6.54 Å². The number of hydrogen-bond acceptors (Lipinski definition) is 2. The zero-order valence-corrected chi connectivity index (χ0v) is 11.1. The lowest BCUT2D eigenvalue weighted by molar-refractivity contribution is 0.552. The van der Waals surface area contributed by atoms with Crippen LogP contribution in [0.25, 0.3) is 0 Å². The van der Waals surface area contributed by atoms with Gasteiger partial charge in [0.05, 0.1) is 23.6 Å². The zero-order valence-electron chi connectivity index (χ0n) is 11.1. The molecular weight excluding hydrogens is 248 g/mol. The lowest BCUT2D eigenvalue weighted by Crippen LogP contribution is -2.08. The highest BCUT2D eigenvalue weighted by Crippen LogP contribution is 2.20. The molecule has 0 aliphatic carbocycles. The molecule has 0 radical (unpaired) electrons. The SMILES string of the molecule is CCc1nn(Cc2ccc(F)cc2F)c(CC)c1N. The Morgan fingerprint density at radius 1 is 1.21 bits per heavy atom. The molecule has 3 nitrogen and oxygen atoms in total. The standard InChI is InChI=1S/C14H17F2N3/c1-3-12-14(17)13(4-2)19(18-12)8-9-5-6-10(15)7-11(9)16/h5-7H,3-4,8,17H2,1-2H3. The van der Waals surface area contributed by atoms with Crippen LogP contribution in [0.2, 0.25) is 0 Å². The first kappa shape index (κ1) is 13.5. The van der Waals surface area contributed by atoms with Gasteiger partial charge >= 0.3 is 0 Å². The number of nitrogens with zero attached hydrogens (tertiary/aromatic N) is 2. The van der Waals surface area contributed by atoms with E-state index in [4.69, 9.17) is 5.73 Å². The van der Waals surface area contributed by atoms with Crippen LogP contribution in [-0.4, -0.2) is 9.78 Å². The van der Waals surface area contributed by atoms with E-state index < -0.39 is 11.6 Å². The fourth-order valence-corrected chi connectivity index (χ4v) is 2.14. The molecule has 2 N–H and O–H groups in total. The minimum atomic E-state index is -0.578. The third kappa shape index (κ3) is 2.59. The van der Waals surface area contributed by atoms with E-state index in [1.54, 1.807) is 4.68 Å². The van der Waals surface area contributed by atoms with Crippen molar-refractivity contribution >= 4 is 5.69 Å². The van der Waals surface area contributed by atoms with Crippen molar-refractivity contribution in [2.24, 2.45) is 0 Å². The van der Waals surface area contributed by atoms with E-state index in [1.165, 1.54) is 12.1 Å². The van der Waals surface area contributed by atoms with Crippen molar-refractivity contribution in [2.75, 3.05) is 5.73 Å². The van der Waals surface area contributed by atoms with Crippen LogP contribution in [0.3, 0.4) is 0 Å². The van der Waals surface area contributed by atoms with Crippen LogP contribution in [0.15, 0.2) is 18.2 Å².